The molecule has 23 heavy (non-hydrogen) atoms. The van der Waals surface area contributed by atoms with Crippen LogP contribution in [0.2, 0.25) is 0 Å². The molecule has 1 aliphatic heterocycles. The molecule has 0 aliphatic carbocycles. The summed E-state index contributed by atoms with van der Waals surface area (Å²) in [5.41, 5.74) is 0. The van der Waals surface area contributed by atoms with E-state index in [1.165, 1.54) is 7.11 Å². The standard InChI is InChI=1S/C14H26N4O4.HI/c1-4-22-14(20)18-9-6-11(7-10-18)17-13(15-2)16-8-5-12(19)21-3;/h11H,4-10H2,1-3H3,(H2,15,16,17);1H. The van der Waals surface area contributed by atoms with Gasteiger partial charge in [0.05, 0.1) is 20.1 Å². The highest BCUT2D eigenvalue weighted by Gasteiger charge is 2.23. The Kier molecular flexibility index (Phi) is 11.5. The topological polar surface area (TPSA) is 92.3 Å². The van der Waals surface area contributed by atoms with Crippen molar-refractivity contribution in [2.45, 2.75) is 32.2 Å². The van der Waals surface area contributed by atoms with Gasteiger partial charge in [-0.3, -0.25) is 9.79 Å². The predicted molar refractivity (Wildman–Crippen MR) is 98.2 cm³/mol. The molecular weight excluding hydrogens is 415 g/mol. The van der Waals surface area contributed by atoms with Crippen LogP contribution in [0, 0.1) is 0 Å². The number of carbonyl (C=O) groups excluding carboxylic acids is 2. The van der Waals surface area contributed by atoms with Crippen LogP contribution in [0.5, 0.6) is 0 Å². The Morgan fingerprint density at radius 1 is 1.30 bits per heavy atom. The van der Waals surface area contributed by atoms with Gasteiger partial charge in [0.25, 0.3) is 0 Å². The van der Waals surface area contributed by atoms with Crippen molar-refractivity contribution in [1.82, 2.24) is 15.5 Å². The molecule has 1 fully saturated rings. The van der Waals surface area contributed by atoms with Crippen LogP contribution >= 0.6 is 24.0 Å². The molecule has 0 radical (unpaired) electrons. The second-order valence-electron chi connectivity index (χ2n) is 4.93. The van der Waals surface area contributed by atoms with Crippen molar-refractivity contribution in [3.8, 4) is 0 Å². The van der Waals surface area contributed by atoms with Gasteiger partial charge in [-0.15, -0.1) is 24.0 Å². The molecule has 0 spiro atoms. The second-order valence-corrected chi connectivity index (χ2v) is 4.93. The Balaban J connectivity index is 0.00000484. The first kappa shape index (κ1) is 21.7. The van der Waals surface area contributed by atoms with Gasteiger partial charge in [0.2, 0.25) is 0 Å². The van der Waals surface area contributed by atoms with Gasteiger partial charge in [-0.05, 0) is 19.8 Å². The molecule has 0 aromatic heterocycles. The van der Waals surface area contributed by atoms with Gasteiger partial charge in [-0.2, -0.15) is 0 Å². The van der Waals surface area contributed by atoms with Crippen molar-refractivity contribution in [1.29, 1.82) is 0 Å². The summed E-state index contributed by atoms with van der Waals surface area (Å²) in [4.78, 5) is 28.5. The monoisotopic (exact) mass is 442 g/mol. The summed E-state index contributed by atoms with van der Waals surface area (Å²) < 4.78 is 9.57. The zero-order chi connectivity index (χ0) is 16.4. The number of likely N-dealkylation sites (tertiary alicyclic amines) is 1. The number of amides is 1. The van der Waals surface area contributed by atoms with E-state index in [0.29, 0.717) is 38.6 Å². The first-order chi connectivity index (χ1) is 10.6. The summed E-state index contributed by atoms with van der Waals surface area (Å²) in [6.07, 6.45) is 1.70. The van der Waals surface area contributed by atoms with Crippen LogP contribution in [0.3, 0.4) is 0 Å². The van der Waals surface area contributed by atoms with Crippen molar-refractivity contribution in [2.24, 2.45) is 4.99 Å². The lowest BCUT2D eigenvalue weighted by Crippen LogP contribution is -2.50. The van der Waals surface area contributed by atoms with Crippen LogP contribution in [0.15, 0.2) is 4.99 Å². The van der Waals surface area contributed by atoms with Gasteiger partial charge in [0, 0.05) is 32.7 Å². The highest BCUT2D eigenvalue weighted by atomic mass is 127. The second kappa shape index (κ2) is 12.2. The number of methoxy groups -OCH3 is 1. The van der Waals surface area contributed by atoms with Crippen molar-refractivity contribution >= 4 is 42.0 Å². The highest BCUT2D eigenvalue weighted by molar-refractivity contribution is 14.0. The molecule has 1 aliphatic rings. The summed E-state index contributed by atoms with van der Waals surface area (Å²) in [7, 11) is 3.05. The molecule has 0 atom stereocenters. The number of halogens is 1. The molecule has 2 N–H and O–H groups in total. The SMILES string of the molecule is CCOC(=O)N1CCC(NC(=NC)NCCC(=O)OC)CC1.I. The van der Waals surface area contributed by atoms with E-state index in [1.807, 2.05) is 0 Å². The van der Waals surface area contributed by atoms with Crippen LogP contribution in [0.1, 0.15) is 26.2 Å². The van der Waals surface area contributed by atoms with Gasteiger partial charge < -0.3 is 25.0 Å². The van der Waals surface area contributed by atoms with Crippen molar-refractivity contribution < 1.29 is 19.1 Å². The fourth-order valence-electron chi connectivity index (χ4n) is 2.19. The van der Waals surface area contributed by atoms with E-state index >= 15 is 0 Å². The summed E-state index contributed by atoms with van der Waals surface area (Å²) in [6.45, 7) is 3.99. The molecule has 0 aromatic rings. The van der Waals surface area contributed by atoms with Crippen LogP contribution in [0.4, 0.5) is 4.79 Å². The van der Waals surface area contributed by atoms with Gasteiger partial charge in [-0.25, -0.2) is 4.79 Å². The average Bonchev–Trinajstić information content (AvgIpc) is 2.54. The summed E-state index contributed by atoms with van der Waals surface area (Å²) in [6, 6.07) is 0.245. The number of ether oxygens (including phenoxy) is 2. The minimum absolute atomic E-state index is 0. The maximum Gasteiger partial charge on any atom is 0.409 e. The van der Waals surface area contributed by atoms with E-state index in [1.54, 1.807) is 18.9 Å². The number of esters is 1. The number of nitrogens with one attached hydrogen (secondary N) is 2. The molecule has 0 unspecified atom stereocenters. The summed E-state index contributed by atoms with van der Waals surface area (Å²) in [5.74, 6) is 0.393. The largest absolute Gasteiger partial charge is 0.469 e. The van der Waals surface area contributed by atoms with E-state index < -0.39 is 0 Å². The Bertz CT molecular complexity index is 398. The summed E-state index contributed by atoms with van der Waals surface area (Å²) >= 11 is 0. The highest BCUT2D eigenvalue weighted by Crippen LogP contribution is 2.11. The Labute approximate surface area is 154 Å². The summed E-state index contributed by atoms with van der Waals surface area (Å²) in [5, 5.41) is 6.37. The third kappa shape index (κ3) is 8.24. The Hall–Kier alpha value is -1.26. The van der Waals surface area contributed by atoms with E-state index in [2.05, 4.69) is 20.4 Å². The fraction of sp³-hybridized carbons (Fsp3) is 0.786. The molecule has 1 saturated heterocycles. The number of hydrogen-bond donors (Lipinski definition) is 2. The minimum atomic E-state index is -0.259. The predicted octanol–water partition coefficient (Wildman–Crippen LogP) is 0.953. The molecule has 8 nitrogen and oxygen atoms in total. The molecule has 9 heteroatoms. The van der Waals surface area contributed by atoms with Crippen LogP contribution < -0.4 is 10.6 Å². The number of piperidine rings is 1. The number of hydrogen-bond acceptors (Lipinski definition) is 5. The van der Waals surface area contributed by atoms with E-state index in [-0.39, 0.29) is 42.1 Å². The third-order valence-corrected chi connectivity index (χ3v) is 3.43. The van der Waals surface area contributed by atoms with Crippen molar-refractivity contribution in [3.63, 3.8) is 0 Å². The van der Waals surface area contributed by atoms with Crippen molar-refractivity contribution in [2.75, 3.05) is 40.4 Å². The molecule has 1 heterocycles. The van der Waals surface area contributed by atoms with Gasteiger partial charge in [-0.1, -0.05) is 0 Å². The first-order valence-electron chi connectivity index (χ1n) is 7.56. The Morgan fingerprint density at radius 2 is 1.96 bits per heavy atom. The smallest absolute Gasteiger partial charge is 0.409 e. The Morgan fingerprint density at radius 3 is 2.48 bits per heavy atom. The van der Waals surface area contributed by atoms with Crippen LogP contribution in [-0.2, 0) is 14.3 Å². The van der Waals surface area contributed by atoms with E-state index in [0.717, 1.165) is 12.8 Å². The maximum atomic E-state index is 11.6. The lowest BCUT2D eigenvalue weighted by molar-refractivity contribution is -0.140. The zero-order valence-electron chi connectivity index (χ0n) is 14.0. The molecule has 0 bridgehead atoms. The number of aliphatic imine (C=N–C) groups is 1. The first-order valence-corrected chi connectivity index (χ1v) is 7.56. The molecule has 1 amide bonds. The lowest BCUT2D eigenvalue weighted by Gasteiger charge is -2.32. The lowest BCUT2D eigenvalue weighted by atomic mass is 10.1. The number of rotatable bonds is 5. The zero-order valence-corrected chi connectivity index (χ0v) is 16.3. The van der Waals surface area contributed by atoms with Gasteiger partial charge >= 0.3 is 12.1 Å². The van der Waals surface area contributed by atoms with E-state index in [4.69, 9.17) is 4.74 Å². The van der Waals surface area contributed by atoms with Gasteiger partial charge in [0.1, 0.15) is 0 Å². The molecule has 1 rings (SSSR count). The molecular formula is C14H27IN4O4. The van der Waals surface area contributed by atoms with E-state index in [9.17, 15) is 9.59 Å². The van der Waals surface area contributed by atoms with Gasteiger partial charge in [0.15, 0.2) is 5.96 Å². The third-order valence-electron chi connectivity index (χ3n) is 3.43. The molecule has 0 saturated carbocycles. The number of nitrogens with zero attached hydrogens (tertiary/aromatic N) is 2. The number of guanidine groups is 1. The fourth-order valence-corrected chi connectivity index (χ4v) is 2.19. The minimum Gasteiger partial charge on any atom is -0.469 e. The maximum absolute atomic E-state index is 11.6. The number of carbonyl (C=O) groups is 2. The van der Waals surface area contributed by atoms with Crippen LogP contribution in [-0.4, -0.2) is 69.4 Å². The quantitative estimate of drug-likeness (QED) is 0.285. The average molecular weight is 442 g/mol. The van der Waals surface area contributed by atoms with Crippen LogP contribution in [0.25, 0.3) is 0 Å². The van der Waals surface area contributed by atoms with Crippen molar-refractivity contribution in [3.05, 3.63) is 0 Å². The molecule has 0 aromatic carbocycles. The molecule has 134 valence electrons. The normalized spacial score (nSPS) is 15.4.